The molecule has 0 amide bonds. The number of rotatable bonds is 4. The Balaban J connectivity index is 1.57. The van der Waals surface area contributed by atoms with Gasteiger partial charge in [-0.05, 0) is 19.4 Å². The average molecular weight is 419 g/mol. The molecule has 28 heavy (non-hydrogen) atoms. The third-order valence-corrected chi connectivity index (χ3v) is 7.88. The van der Waals surface area contributed by atoms with Gasteiger partial charge in [-0.15, -0.1) is 11.3 Å². The van der Waals surface area contributed by atoms with Crippen LogP contribution in [0.25, 0.3) is 4.96 Å². The number of hydrogen-bond acceptors (Lipinski definition) is 6. The summed E-state index contributed by atoms with van der Waals surface area (Å²) in [7, 11) is -3.89. The lowest BCUT2D eigenvalue weighted by atomic mass is 10.2. The van der Waals surface area contributed by atoms with Crippen molar-refractivity contribution in [2.24, 2.45) is 0 Å². The predicted octanol–water partition coefficient (Wildman–Crippen LogP) is 1.88. The maximum absolute atomic E-state index is 13.2. The molecule has 0 bridgehead atoms. The van der Waals surface area contributed by atoms with E-state index in [0.717, 1.165) is 11.4 Å². The van der Waals surface area contributed by atoms with Crippen LogP contribution in [-0.2, 0) is 16.6 Å². The van der Waals surface area contributed by atoms with Gasteiger partial charge in [0.05, 0.1) is 5.69 Å². The van der Waals surface area contributed by atoms with Gasteiger partial charge in [0.15, 0.2) is 9.86 Å². The van der Waals surface area contributed by atoms with Gasteiger partial charge in [0.2, 0.25) is 0 Å². The molecule has 3 heterocycles. The molecule has 1 aliphatic rings. The van der Waals surface area contributed by atoms with Gasteiger partial charge in [-0.1, -0.05) is 30.3 Å². The number of nitrogens with zero attached hydrogens (tertiary/aromatic N) is 4. The zero-order valence-electron chi connectivity index (χ0n) is 15.8. The van der Waals surface area contributed by atoms with E-state index in [0.29, 0.717) is 31.1 Å². The Labute approximate surface area is 167 Å². The summed E-state index contributed by atoms with van der Waals surface area (Å²) >= 11 is 1.37. The summed E-state index contributed by atoms with van der Waals surface area (Å²) in [6, 6.07) is 10.1. The quantitative estimate of drug-likeness (QED) is 0.647. The largest absolute Gasteiger partial charge is 0.296 e. The molecule has 1 aromatic carbocycles. The highest BCUT2D eigenvalue weighted by Crippen LogP contribution is 2.21. The Kier molecular flexibility index (Phi) is 5.09. The van der Waals surface area contributed by atoms with Gasteiger partial charge in [0.1, 0.15) is 0 Å². The first kappa shape index (κ1) is 19.3. The van der Waals surface area contributed by atoms with Crippen molar-refractivity contribution < 1.29 is 8.42 Å². The first-order chi connectivity index (χ1) is 13.4. The van der Waals surface area contributed by atoms with E-state index in [2.05, 4.69) is 22.0 Å². The summed E-state index contributed by atoms with van der Waals surface area (Å²) in [5, 5.41) is 0. The number of aryl methyl sites for hydroxylation is 2. The van der Waals surface area contributed by atoms with E-state index < -0.39 is 15.6 Å². The fraction of sp³-hybridized carbons (Fsp3) is 0.368. The second-order valence-electron chi connectivity index (χ2n) is 6.99. The SMILES string of the molecule is Cc1cn2c(=O)c(S(=O)(=O)N3CCN(Cc4ccccc4)CC3)c(C)nc2s1. The number of benzene rings is 1. The predicted molar refractivity (Wildman–Crippen MR) is 109 cm³/mol. The minimum atomic E-state index is -3.89. The number of hydrogen-bond donors (Lipinski definition) is 0. The van der Waals surface area contributed by atoms with E-state index in [4.69, 9.17) is 0 Å². The summed E-state index contributed by atoms with van der Waals surface area (Å²) < 4.78 is 29.2. The maximum atomic E-state index is 13.2. The van der Waals surface area contributed by atoms with Crippen molar-refractivity contribution in [1.29, 1.82) is 0 Å². The van der Waals surface area contributed by atoms with E-state index in [-0.39, 0.29) is 10.6 Å². The van der Waals surface area contributed by atoms with E-state index in [1.54, 1.807) is 13.1 Å². The maximum Gasteiger partial charge on any atom is 0.279 e. The molecule has 1 aliphatic heterocycles. The fourth-order valence-electron chi connectivity index (χ4n) is 3.53. The molecule has 7 nitrogen and oxygen atoms in total. The summed E-state index contributed by atoms with van der Waals surface area (Å²) in [5.74, 6) is 0. The Morgan fingerprint density at radius 3 is 2.43 bits per heavy atom. The highest BCUT2D eigenvalue weighted by atomic mass is 32.2. The molecule has 0 atom stereocenters. The fourth-order valence-corrected chi connectivity index (χ4v) is 6.04. The Bertz CT molecular complexity index is 1160. The summed E-state index contributed by atoms with van der Waals surface area (Å²) in [5.41, 5.74) is 0.951. The number of aromatic nitrogens is 2. The van der Waals surface area contributed by atoms with Crippen LogP contribution < -0.4 is 5.56 Å². The molecule has 9 heteroatoms. The molecule has 3 aromatic rings. The van der Waals surface area contributed by atoms with Crippen molar-refractivity contribution in [3.8, 4) is 0 Å². The van der Waals surface area contributed by atoms with Crippen molar-refractivity contribution in [3.63, 3.8) is 0 Å². The number of thiazole rings is 1. The molecular formula is C19H22N4O3S2. The van der Waals surface area contributed by atoms with Crippen molar-refractivity contribution >= 4 is 26.3 Å². The summed E-state index contributed by atoms with van der Waals surface area (Å²) in [4.78, 5) is 20.7. The molecule has 148 valence electrons. The molecule has 4 rings (SSSR count). The van der Waals surface area contributed by atoms with Crippen molar-refractivity contribution in [2.75, 3.05) is 26.2 Å². The number of fused-ring (bicyclic) bond motifs is 1. The summed E-state index contributed by atoms with van der Waals surface area (Å²) in [6.45, 7) is 6.23. The second-order valence-corrected chi connectivity index (χ2v) is 10.1. The van der Waals surface area contributed by atoms with Crippen LogP contribution in [-0.4, -0.2) is 53.2 Å². The monoisotopic (exact) mass is 418 g/mol. The van der Waals surface area contributed by atoms with Crippen LogP contribution in [0.5, 0.6) is 0 Å². The third kappa shape index (κ3) is 3.50. The van der Waals surface area contributed by atoms with E-state index in [1.807, 2.05) is 25.1 Å². The average Bonchev–Trinajstić information content (AvgIpc) is 3.03. The minimum absolute atomic E-state index is 0.209. The smallest absolute Gasteiger partial charge is 0.279 e. The van der Waals surface area contributed by atoms with Gasteiger partial charge < -0.3 is 0 Å². The molecule has 1 saturated heterocycles. The topological polar surface area (TPSA) is 75.0 Å². The van der Waals surface area contributed by atoms with E-state index >= 15 is 0 Å². The molecule has 0 aliphatic carbocycles. The van der Waals surface area contributed by atoms with Crippen molar-refractivity contribution in [1.82, 2.24) is 18.6 Å². The van der Waals surface area contributed by atoms with Crippen LogP contribution in [0, 0.1) is 13.8 Å². The third-order valence-electron chi connectivity index (χ3n) is 4.95. The van der Waals surface area contributed by atoms with Gasteiger partial charge in [0.25, 0.3) is 15.6 Å². The zero-order chi connectivity index (χ0) is 19.9. The van der Waals surface area contributed by atoms with Gasteiger partial charge >= 0.3 is 0 Å². The lowest BCUT2D eigenvalue weighted by Crippen LogP contribution is -2.49. The molecule has 1 fully saturated rings. The molecule has 2 aromatic heterocycles. The standard InChI is InChI=1S/C19H22N4O3S2/c1-14-12-23-18(24)17(15(2)20-19(23)27-14)28(25,26)22-10-8-21(9-11-22)13-16-6-4-3-5-7-16/h3-7,12H,8-11,13H2,1-2H3. The minimum Gasteiger partial charge on any atom is -0.296 e. The van der Waals surface area contributed by atoms with Crippen molar-refractivity contribution in [2.45, 2.75) is 25.3 Å². The highest BCUT2D eigenvalue weighted by molar-refractivity contribution is 7.89. The van der Waals surface area contributed by atoms with Crippen LogP contribution in [0.4, 0.5) is 0 Å². The molecule has 0 spiro atoms. The van der Waals surface area contributed by atoms with Crippen LogP contribution in [0.2, 0.25) is 0 Å². The lowest BCUT2D eigenvalue weighted by molar-refractivity contribution is 0.181. The molecule has 0 saturated carbocycles. The van der Waals surface area contributed by atoms with Gasteiger partial charge in [-0.25, -0.2) is 13.4 Å². The van der Waals surface area contributed by atoms with Gasteiger partial charge in [-0.3, -0.25) is 14.1 Å². The van der Waals surface area contributed by atoms with Gasteiger partial charge in [-0.2, -0.15) is 4.31 Å². The van der Waals surface area contributed by atoms with Crippen LogP contribution in [0.3, 0.4) is 0 Å². The normalized spacial score (nSPS) is 16.6. The van der Waals surface area contributed by atoms with Crippen LogP contribution in [0.1, 0.15) is 16.1 Å². The summed E-state index contributed by atoms with van der Waals surface area (Å²) in [6.07, 6.45) is 1.64. The van der Waals surface area contributed by atoms with E-state index in [9.17, 15) is 13.2 Å². The van der Waals surface area contributed by atoms with Gasteiger partial charge in [0, 0.05) is 43.8 Å². The Morgan fingerprint density at radius 2 is 1.75 bits per heavy atom. The van der Waals surface area contributed by atoms with Crippen molar-refractivity contribution in [3.05, 3.63) is 63.0 Å². The molecule has 0 unspecified atom stereocenters. The van der Waals surface area contributed by atoms with E-state index in [1.165, 1.54) is 25.6 Å². The Morgan fingerprint density at radius 1 is 1.07 bits per heavy atom. The van der Waals surface area contributed by atoms with Crippen LogP contribution >= 0.6 is 11.3 Å². The number of piperazine rings is 1. The zero-order valence-corrected chi connectivity index (χ0v) is 17.5. The Hall–Kier alpha value is -2.07. The first-order valence-electron chi connectivity index (χ1n) is 9.12. The highest BCUT2D eigenvalue weighted by Gasteiger charge is 2.33. The molecular weight excluding hydrogens is 396 g/mol. The molecule has 0 radical (unpaired) electrons. The number of sulfonamides is 1. The lowest BCUT2D eigenvalue weighted by Gasteiger charge is -2.34. The molecule has 0 N–H and O–H groups in total. The first-order valence-corrected chi connectivity index (χ1v) is 11.4. The van der Waals surface area contributed by atoms with Crippen LogP contribution in [0.15, 0.2) is 46.2 Å². The second kappa shape index (κ2) is 7.40.